The van der Waals surface area contributed by atoms with Crippen LogP contribution in [0.5, 0.6) is 0 Å². The largest absolute Gasteiger partial charge is 0.495 e. The Bertz CT molecular complexity index is 3070. The van der Waals surface area contributed by atoms with Crippen LogP contribution in [0.15, 0.2) is 36.6 Å². The van der Waals surface area contributed by atoms with E-state index in [2.05, 4.69) is 176 Å². The number of Topliss-reactive ketones (excluding diaryl/α,β-unsaturated/α-hetero) is 1. The molecule has 0 aromatic carbocycles. The lowest BCUT2D eigenvalue weighted by molar-refractivity contribution is -0.348. The molecule has 2 spiro atoms. The Morgan fingerprint density at radius 1 is 0.623 bits per heavy atom. The fourth-order valence-corrected chi connectivity index (χ4v) is 30.1. The van der Waals surface area contributed by atoms with Gasteiger partial charge < -0.3 is 79.0 Å². The van der Waals surface area contributed by atoms with E-state index in [-0.39, 0.29) is 90.4 Å². The maximum Gasteiger partial charge on any atom is 0.332 e. The van der Waals surface area contributed by atoms with Crippen LogP contribution in [0, 0.1) is 23.7 Å². The molecule has 0 N–H and O–H groups in total. The second kappa shape index (κ2) is 42.6. The van der Waals surface area contributed by atoms with Crippen LogP contribution < -0.4 is 0 Å². The minimum Gasteiger partial charge on any atom is -0.495 e. The first kappa shape index (κ1) is 100. The lowest BCUT2D eigenvalue weighted by Gasteiger charge is -2.55. The van der Waals surface area contributed by atoms with E-state index in [0.29, 0.717) is 64.2 Å². The molecule has 0 unspecified atom stereocenters. The molecule has 114 heavy (non-hydrogen) atoms. The first-order valence-electron chi connectivity index (χ1n) is 44.3. The topological polar surface area (TPSA) is 225 Å². The lowest BCUT2D eigenvalue weighted by Crippen LogP contribution is -2.67. The number of ether oxygens (including phenoxy) is 12. The molecule has 0 radical (unpaired) electrons. The average Bonchev–Trinajstić information content (AvgIpc) is 0.750. The maximum atomic E-state index is 15.3. The monoisotopic (exact) mass is 1700 g/mol. The van der Waals surface area contributed by atoms with Crippen molar-refractivity contribution in [3.8, 4) is 0 Å². The summed E-state index contributed by atoms with van der Waals surface area (Å²) >= 11 is 0. The normalized spacial score (nSPS) is 32.0. The van der Waals surface area contributed by atoms with Crippen LogP contribution >= 0.6 is 0 Å². The van der Waals surface area contributed by atoms with Crippen molar-refractivity contribution in [1.29, 1.82) is 0 Å². The number of carbonyl (C=O) groups is 4. The Balaban J connectivity index is 1.27. The highest BCUT2D eigenvalue weighted by atomic mass is 28.4. The number of rotatable bonds is 43. The van der Waals surface area contributed by atoms with Crippen LogP contribution in [-0.2, 0) is 98.2 Å². The fraction of sp³-hybridized carbons (Fsp3) is 0.886. The fourth-order valence-electron chi connectivity index (χ4n) is 18.5. The molecule has 26 heteroatoms. The van der Waals surface area contributed by atoms with Crippen molar-refractivity contribution >= 4 is 65.3 Å². The van der Waals surface area contributed by atoms with Gasteiger partial charge in [0.15, 0.2) is 58.9 Å². The minimum absolute atomic E-state index is 0.0176. The molecule has 0 aromatic heterocycles. The van der Waals surface area contributed by atoms with Gasteiger partial charge in [0.2, 0.25) is 0 Å². The molecular weight excluding hydrogens is 1530 g/mol. The summed E-state index contributed by atoms with van der Waals surface area (Å²) in [5.74, 6) is -6.46. The van der Waals surface area contributed by atoms with Crippen LogP contribution in [0.4, 0.5) is 0 Å². The zero-order chi connectivity index (χ0) is 85.4. The molecule has 0 bridgehead atoms. The Hall–Kier alpha value is -2.34. The SMILES string of the molecule is C=C(C[C@H]1C[C@](C)(O[Si](CC)(CC)CC)C[C@@]2(C[C@@H](OC(C)=O)C[C@H](CCOC(=O)COC)O2)O1)[C@@H](C)[C@H](OC(C)=O)[C@H](C)C(=O)C[C@@H]1C[C@H](OC)C[C@@]2(C[C@@H](O[Si](C)(C)C(C)(C)C)C[C@H](/C=C\CCC[C@H]3O[C@@](OC)([C@@H](O[Si](CC)(CC)CC)[C@@H]4OC=C[C@H](O[Si](CC)(CC)CC)[C@H]4C)C[C@H](O[Si](C)(C)C(C)(C)C)[C@H]3C)O2)O1. The van der Waals surface area contributed by atoms with Crippen molar-refractivity contribution in [1.82, 2.24) is 0 Å². The summed E-state index contributed by atoms with van der Waals surface area (Å²) in [5.41, 5.74) is 0.00104. The van der Waals surface area contributed by atoms with E-state index in [9.17, 15) is 14.4 Å². The third-order valence-electron chi connectivity index (χ3n) is 28.3. The average molecular weight is 1700 g/mol. The van der Waals surface area contributed by atoms with Crippen molar-refractivity contribution in [2.75, 3.05) is 34.5 Å². The van der Waals surface area contributed by atoms with E-state index in [1.165, 1.54) is 21.0 Å². The van der Waals surface area contributed by atoms with E-state index in [4.69, 9.17) is 79.0 Å². The smallest absolute Gasteiger partial charge is 0.332 e. The Morgan fingerprint density at radius 3 is 1.75 bits per heavy atom. The second-order valence-electron chi connectivity index (χ2n) is 38.3. The number of unbranched alkanes of at least 4 members (excludes halogenated alkanes) is 1. The molecule has 0 aromatic rings. The van der Waals surface area contributed by atoms with Gasteiger partial charge in [0.1, 0.15) is 36.8 Å². The molecule has 21 nitrogen and oxygen atoms in total. The maximum absolute atomic E-state index is 15.3. The van der Waals surface area contributed by atoms with Gasteiger partial charge in [-0.3, -0.25) is 14.4 Å². The van der Waals surface area contributed by atoms with Crippen molar-refractivity contribution in [2.24, 2.45) is 23.7 Å². The summed E-state index contributed by atoms with van der Waals surface area (Å²) < 4.78 is 117. The lowest BCUT2D eigenvalue weighted by atomic mass is 9.78. The number of allylic oxidation sites excluding steroid dienone is 1. The van der Waals surface area contributed by atoms with Gasteiger partial charge in [0.05, 0.1) is 79.3 Å². The summed E-state index contributed by atoms with van der Waals surface area (Å²) in [4.78, 5) is 53.7. The highest BCUT2D eigenvalue weighted by Crippen LogP contribution is 2.53. The predicted octanol–water partition coefficient (Wildman–Crippen LogP) is 20.1. The number of methoxy groups -OCH3 is 3. The van der Waals surface area contributed by atoms with Crippen LogP contribution in [0.1, 0.15) is 249 Å². The third-order valence-corrected chi connectivity index (χ3v) is 51.4. The molecule has 0 amide bonds. The molecule has 660 valence electrons. The van der Waals surface area contributed by atoms with E-state index in [1.54, 1.807) is 14.2 Å². The molecule has 21 atom stereocenters. The summed E-state index contributed by atoms with van der Waals surface area (Å²) in [7, 11) is -6.41. The Kier molecular flexibility index (Phi) is 37.6. The number of hydrogen-bond donors (Lipinski definition) is 0. The second-order valence-corrected chi connectivity index (χ2v) is 62.0. The standard InChI is InChI=1S/C88H162O21Si5/c1-31-112(32-2,33-3)107-77-46-48-97-81(65(77)14)82(108-113(34-4,35-5)36-6)88(95-26)58-78(106-111(29,30)84(20,21)22)64(13)76(104-88)44-42-40-41-43-68-51-74(105-110(27,28)83(17,18)19)57-86(100-68)55-71(94-25)52-70(102-86)53-75(91)63(12)80(99-67(16)90)62(11)61(10)49-73-54-85(23,109-114(37-7,38-8)39-9)60-87(103-73)56-72(98-66(15)89)50-69(101-87)45-47-96-79(92)59-93-24/h41,43,46,48,62-65,68-74,76-78,80-82H,10,31-40,42,44-45,47,49-60H2,1-9,11-30H3/b43-41-/t62-,63-,64+,65-,68+,69+,70+,71+,72+,73+,74+,76-,77+,78+,80+,81-,82+,85+,86+,87-,88-/m1/s1. The first-order chi connectivity index (χ1) is 53.2. The van der Waals surface area contributed by atoms with Crippen molar-refractivity contribution < 1.29 is 98.2 Å². The quantitative estimate of drug-likeness (QED) is 0.0182. The Labute approximate surface area is 695 Å². The van der Waals surface area contributed by atoms with E-state index in [1.807, 2.05) is 20.1 Å². The zero-order valence-electron chi connectivity index (χ0n) is 76.8. The number of carbonyl (C=O) groups excluding carboxylic acids is 4. The molecular formula is C88H162O21Si5. The molecule has 6 aliphatic rings. The third kappa shape index (κ3) is 26.1. The van der Waals surface area contributed by atoms with Crippen LogP contribution in [0.25, 0.3) is 0 Å². The van der Waals surface area contributed by atoms with Gasteiger partial charge in [-0.05, 0) is 129 Å². The van der Waals surface area contributed by atoms with Crippen molar-refractivity contribution in [3.63, 3.8) is 0 Å². The molecule has 6 aliphatic heterocycles. The summed E-state index contributed by atoms with van der Waals surface area (Å²) in [5, 5.41) is -0.117. The minimum atomic E-state index is -2.36. The van der Waals surface area contributed by atoms with Gasteiger partial charge >= 0.3 is 17.9 Å². The van der Waals surface area contributed by atoms with Crippen LogP contribution in [0.2, 0.25) is 90.7 Å². The van der Waals surface area contributed by atoms with E-state index < -0.39 is 137 Å². The van der Waals surface area contributed by atoms with E-state index >= 15 is 4.79 Å². The number of ketones is 1. The number of esters is 3. The van der Waals surface area contributed by atoms with Crippen LogP contribution in [0.3, 0.4) is 0 Å². The first-order valence-corrected chi connectivity index (χ1v) is 57.7. The van der Waals surface area contributed by atoms with Gasteiger partial charge in [0.25, 0.3) is 0 Å². The number of hydrogen-bond acceptors (Lipinski definition) is 21. The zero-order valence-corrected chi connectivity index (χ0v) is 81.8. The van der Waals surface area contributed by atoms with E-state index in [0.717, 1.165) is 79.2 Å². The molecule has 0 saturated carbocycles. The molecule has 6 rings (SSSR count). The van der Waals surface area contributed by atoms with Crippen LogP contribution in [-0.4, -0.2) is 202 Å². The summed E-state index contributed by atoms with van der Waals surface area (Å²) in [6.07, 6.45) is 9.94. The van der Waals surface area contributed by atoms with Crippen molar-refractivity contribution in [2.45, 2.75) is 442 Å². The summed E-state index contributed by atoms with van der Waals surface area (Å²) in [6, 6.07) is 8.76. The van der Waals surface area contributed by atoms with Gasteiger partial charge in [-0.15, -0.1) is 0 Å². The molecule has 6 heterocycles. The van der Waals surface area contributed by atoms with Crippen molar-refractivity contribution in [3.05, 3.63) is 36.6 Å². The van der Waals surface area contributed by atoms with Gasteiger partial charge in [0, 0.05) is 124 Å². The highest BCUT2D eigenvalue weighted by molar-refractivity contribution is 6.75. The Morgan fingerprint density at radius 2 is 1.19 bits per heavy atom. The van der Waals surface area contributed by atoms with Gasteiger partial charge in [-0.2, -0.15) is 0 Å². The predicted molar refractivity (Wildman–Crippen MR) is 462 cm³/mol. The van der Waals surface area contributed by atoms with Gasteiger partial charge in [-0.1, -0.05) is 156 Å². The highest BCUT2D eigenvalue weighted by Gasteiger charge is 2.61. The summed E-state index contributed by atoms with van der Waals surface area (Å²) in [6.45, 7) is 61.2. The molecule has 5 fully saturated rings. The van der Waals surface area contributed by atoms with Gasteiger partial charge in [-0.25, -0.2) is 4.79 Å². The molecule has 0 aliphatic carbocycles. The molecule has 5 saturated heterocycles.